The lowest BCUT2D eigenvalue weighted by atomic mass is 10.0. The zero-order valence-electron chi connectivity index (χ0n) is 11.6. The molecule has 1 saturated heterocycles. The van der Waals surface area contributed by atoms with E-state index in [1.807, 2.05) is 6.92 Å². The lowest BCUT2D eigenvalue weighted by molar-refractivity contribution is 0.494. The molecule has 1 saturated carbocycles. The van der Waals surface area contributed by atoms with Crippen molar-refractivity contribution in [3.63, 3.8) is 0 Å². The van der Waals surface area contributed by atoms with Gasteiger partial charge in [-0.1, -0.05) is 24.1 Å². The Labute approximate surface area is 120 Å². The van der Waals surface area contributed by atoms with Crippen LogP contribution in [0.1, 0.15) is 31.7 Å². The summed E-state index contributed by atoms with van der Waals surface area (Å²) in [7, 11) is 0. The van der Waals surface area contributed by atoms with Crippen LogP contribution < -0.4 is 10.6 Å². The number of fused-ring (bicyclic) bond motifs is 1. The second kappa shape index (κ2) is 5.34. The van der Waals surface area contributed by atoms with Crippen molar-refractivity contribution >= 4 is 17.3 Å². The van der Waals surface area contributed by atoms with Crippen LogP contribution in [0.3, 0.4) is 0 Å². The van der Waals surface area contributed by atoms with Gasteiger partial charge in [0.15, 0.2) is 0 Å². The Bertz CT molecular complexity index is 446. The van der Waals surface area contributed by atoms with Crippen LogP contribution in [0.2, 0.25) is 5.02 Å². The molecule has 2 fully saturated rings. The normalized spacial score (nSPS) is 27.6. The zero-order chi connectivity index (χ0) is 13.4. The molecule has 3 atom stereocenters. The fraction of sp³-hybridized carbons (Fsp3) is 0.625. The molecule has 1 aromatic rings. The van der Waals surface area contributed by atoms with E-state index in [4.69, 9.17) is 17.3 Å². The van der Waals surface area contributed by atoms with Crippen molar-refractivity contribution in [2.45, 2.75) is 38.6 Å². The van der Waals surface area contributed by atoms with Gasteiger partial charge in [0.05, 0.1) is 10.7 Å². The Hall–Kier alpha value is -0.730. The highest BCUT2D eigenvalue weighted by atomic mass is 35.5. The van der Waals surface area contributed by atoms with E-state index in [1.54, 1.807) is 0 Å². The minimum atomic E-state index is 0.188. The minimum Gasteiger partial charge on any atom is -0.370 e. The predicted octanol–water partition coefficient (Wildman–Crippen LogP) is 3.47. The molecule has 19 heavy (non-hydrogen) atoms. The SMILES string of the molecule is CC(N)Cc1ccc(N2CC3CCCC3C2)c(Cl)c1. The van der Waals surface area contributed by atoms with Gasteiger partial charge in [-0.2, -0.15) is 0 Å². The van der Waals surface area contributed by atoms with Crippen LogP contribution in [-0.2, 0) is 6.42 Å². The first kappa shape index (κ1) is 13.3. The number of nitrogens with two attached hydrogens (primary N) is 1. The molecule has 0 amide bonds. The lowest BCUT2D eigenvalue weighted by Crippen LogP contribution is -2.21. The van der Waals surface area contributed by atoms with Gasteiger partial charge in [0.2, 0.25) is 0 Å². The summed E-state index contributed by atoms with van der Waals surface area (Å²) in [5, 5.41) is 0.887. The molecule has 0 radical (unpaired) electrons. The molecule has 0 spiro atoms. The second-order valence-corrected chi connectivity index (χ2v) is 6.73. The molecule has 104 valence electrons. The van der Waals surface area contributed by atoms with E-state index in [9.17, 15) is 0 Å². The third-order valence-electron chi connectivity index (χ3n) is 4.64. The van der Waals surface area contributed by atoms with Gasteiger partial charge in [0, 0.05) is 19.1 Å². The maximum Gasteiger partial charge on any atom is 0.0642 e. The fourth-order valence-corrected chi connectivity index (χ4v) is 4.06. The molecule has 1 aliphatic heterocycles. The number of nitrogens with zero attached hydrogens (tertiary/aromatic N) is 1. The Morgan fingerprint density at radius 2 is 2.00 bits per heavy atom. The van der Waals surface area contributed by atoms with Crippen LogP contribution in [0, 0.1) is 11.8 Å². The molecule has 1 aliphatic carbocycles. The van der Waals surface area contributed by atoms with Crippen molar-refractivity contribution in [3.8, 4) is 0 Å². The molecular formula is C16H23ClN2. The van der Waals surface area contributed by atoms with E-state index in [0.717, 1.165) is 23.3 Å². The Balaban J connectivity index is 1.75. The Kier molecular flexibility index (Phi) is 3.72. The topological polar surface area (TPSA) is 29.3 Å². The number of hydrogen-bond acceptors (Lipinski definition) is 2. The number of anilines is 1. The summed E-state index contributed by atoms with van der Waals surface area (Å²) in [4.78, 5) is 2.48. The molecule has 0 aromatic heterocycles. The smallest absolute Gasteiger partial charge is 0.0642 e. The summed E-state index contributed by atoms with van der Waals surface area (Å²) in [6, 6.07) is 6.64. The molecule has 2 aliphatic rings. The van der Waals surface area contributed by atoms with E-state index in [-0.39, 0.29) is 6.04 Å². The first-order valence-corrected chi connectivity index (χ1v) is 7.80. The van der Waals surface area contributed by atoms with Gasteiger partial charge in [0.1, 0.15) is 0 Å². The van der Waals surface area contributed by atoms with E-state index in [2.05, 4.69) is 23.1 Å². The van der Waals surface area contributed by atoms with Gasteiger partial charge in [-0.25, -0.2) is 0 Å². The Morgan fingerprint density at radius 1 is 1.32 bits per heavy atom. The van der Waals surface area contributed by atoms with Crippen LogP contribution in [0.4, 0.5) is 5.69 Å². The summed E-state index contributed by atoms with van der Waals surface area (Å²) < 4.78 is 0. The summed E-state index contributed by atoms with van der Waals surface area (Å²) >= 11 is 6.47. The van der Waals surface area contributed by atoms with E-state index < -0.39 is 0 Å². The van der Waals surface area contributed by atoms with Gasteiger partial charge in [0.25, 0.3) is 0 Å². The molecule has 1 aromatic carbocycles. The van der Waals surface area contributed by atoms with Gasteiger partial charge < -0.3 is 10.6 Å². The Morgan fingerprint density at radius 3 is 2.58 bits per heavy atom. The molecule has 2 nitrogen and oxygen atoms in total. The number of rotatable bonds is 3. The number of benzene rings is 1. The van der Waals surface area contributed by atoms with Gasteiger partial charge in [-0.15, -0.1) is 0 Å². The highest BCUT2D eigenvalue weighted by Gasteiger charge is 2.36. The van der Waals surface area contributed by atoms with Gasteiger partial charge >= 0.3 is 0 Å². The zero-order valence-corrected chi connectivity index (χ0v) is 12.4. The average molecular weight is 279 g/mol. The van der Waals surface area contributed by atoms with Crippen molar-refractivity contribution in [3.05, 3.63) is 28.8 Å². The molecule has 1 heterocycles. The molecule has 3 rings (SSSR count). The molecule has 3 unspecified atom stereocenters. The minimum absolute atomic E-state index is 0.188. The summed E-state index contributed by atoms with van der Waals surface area (Å²) in [5.41, 5.74) is 8.29. The standard InChI is InChI=1S/C16H23ClN2/c1-11(18)7-12-5-6-16(15(17)8-12)19-9-13-3-2-4-14(13)10-19/h5-6,8,11,13-14H,2-4,7,9-10,18H2,1H3. The van der Waals surface area contributed by atoms with Crippen LogP contribution in [0.15, 0.2) is 18.2 Å². The number of halogens is 1. The highest BCUT2D eigenvalue weighted by Crippen LogP contribution is 2.41. The molecule has 3 heteroatoms. The predicted molar refractivity (Wildman–Crippen MR) is 81.8 cm³/mol. The van der Waals surface area contributed by atoms with Gasteiger partial charge in [-0.3, -0.25) is 0 Å². The monoisotopic (exact) mass is 278 g/mol. The van der Waals surface area contributed by atoms with Crippen LogP contribution >= 0.6 is 11.6 Å². The second-order valence-electron chi connectivity index (χ2n) is 6.32. The first-order chi connectivity index (χ1) is 9.13. The van der Waals surface area contributed by atoms with E-state index in [1.165, 1.54) is 43.6 Å². The van der Waals surface area contributed by atoms with Crippen LogP contribution in [-0.4, -0.2) is 19.1 Å². The summed E-state index contributed by atoms with van der Waals surface area (Å²) in [6.45, 7) is 4.41. The maximum atomic E-state index is 6.47. The van der Waals surface area contributed by atoms with E-state index >= 15 is 0 Å². The van der Waals surface area contributed by atoms with Crippen LogP contribution in [0.5, 0.6) is 0 Å². The molecular weight excluding hydrogens is 256 g/mol. The van der Waals surface area contributed by atoms with Crippen molar-refractivity contribution < 1.29 is 0 Å². The van der Waals surface area contributed by atoms with Crippen molar-refractivity contribution in [1.29, 1.82) is 0 Å². The van der Waals surface area contributed by atoms with Crippen molar-refractivity contribution in [2.75, 3.05) is 18.0 Å². The quantitative estimate of drug-likeness (QED) is 0.917. The van der Waals surface area contributed by atoms with Crippen molar-refractivity contribution in [2.24, 2.45) is 17.6 Å². The summed E-state index contributed by atoms with van der Waals surface area (Å²) in [6.07, 6.45) is 5.12. The average Bonchev–Trinajstić information content (AvgIpc) is 2.88. The summed E-state index contributed by atoms with van der Waals surface area (Å²) in [5.74, 6) is 1.81. The molecule has 2 N–H and O–H groups in total. The first-order valence-electron chi connectivity index (χ1n) is 7.42. The lowest BCUT2D eigenvalue weighted by Gasteiger charge is -2.21. The fourth-order valence-electron chi connectivity index (χ4n) is 3.74. The maximum absolute atomic E-state index is 6.47. The number of hydrogen-bond donors (Lipinski definition) is 1. The highest BCUT2D eigenvalue weighted by molar-refractivity contribution is 6.33. The third kappa shape index (κ3) is 2.75. The van der Waals surface area contributed by atoms with Crippen molar-refractivity contribution in [1.82, 2.24) is 0 Å². The van der Waals surface area contributed by atoms with E-state index in [0.29, 0.717) is 0 Å². The molecule has 0 bridgehead atoms. The largest absolute Gasteiger partial charge is 0.370 e. The third-order valence-corrected chi connectivity index (χ3v) is 4.94. The van der Waals surface area contributed by atoms with Crippen LogP contribution in [0.25, 0.3) is 0 Å². The van der Waals surface area contributed by atoms with Gasteiger partial charge in [-0.05, 0) is 55.7 Å².